The van der Waals surface area contributed by atoms with E-state index >= 15 is 0 Å². The largest absolute Gasteiger partial charge is 0.349 e. The van der Waals surface area contributed by atoms with Crippen LogP contribution in [0.25, 0.3) is 0 Å². The van der Waals surface area contributed by atoms with E-state index in [9.17, 15) is 13.2 Å². The van der Waals surface area contributed by atoms with Crippen LogP contribution in [0.2, 0.25) is 5.02 Å². The highest BCUT2D eigenvalue weighted by Gasteiger charge is 2.38. The van der Waals surface area contributed by atoms with Crippen LogP contribution >= 0.6 is 11.6 Å². The van der Waals surface area contributed by atoms with Crippen LogP contribution in [0.15, 0.2) is 23.1 Å². The summed E-state index contributed by atoms with van der Waals surface area (Å²) < 4.78 is 25.7. The van der Waals surface area contributed by atoms with Crippen LogP contribution in [0.1, 0.15) is 50.9 Å². The van der Waals surface area contributed by atoms with Crippen LogP contribution in [-0.2, 0) is 10.0 Å². The van der Waals surface area contributed by atoms with Gasteiger partial charge in [0.15, 0.2) is 0 Å². The molecule has 1 amide bonds. The van der Waals surface area contributed by atoms with Crippen LogP contribution < -0.4 is 10.6 Å². The van der Waals surface area contributed by atoms with E-state index < -0.39 is 10.0 Å². The number of sulfonamides is 1. The summed E-state index contributed by atoms with van der Waals surface area (Å²) in [5, 5.41) is 6.82. The fourth-order valence-electron chi connectivity index (χ4n) is 3.74. The summed E-state index contributed by atoms with van der Waals surface area (Å²) in [5.41, 5.74) is -0.0529. The molecule has 0 spiro atoms. The second-order valence-electron chi connectivity index (χ2n) is 8.40. The van der Waals surface area contributed by atoms with Crippen molar-refractivity contribution >= 4 is 27.5 Å². The van der Waals surface area contributed by atoms with E-state index in [1.807, 2.05) is 0 Å². The van der Waals surface area contributed by atoms with Gasteiger partial charge in [-0.2, -0.15) is 0 Å². The zero-order valence-electron chi connectivity index (χ0n) is 16.2. The summed E-state index contributed by atoms with van der Waals surface area (Å²) in [4.78, 5) is 12.8. The van der Waals surface area contributed by atoms with E-state index in [-0.39, 0.29) is 38.5 Å². The minimum atomic E-state index is -3.64. The van der Waals surface area contributed by atoms with Crippen molar-refractivity contribution in [2.45, 2.75) is 62.6 Å². The number of halogens is 1. The Balaban J connectivity index is 2.27. The van der Waals surface area contributed by atoms with Gasteiger partial charge in [-0.1, -0.05) is 11.6 Å². The van der Waals surface area contributed by atoms with E-state index in [0.717, 1.165) is 17.1 Å². The van der Waals surface area contributed by atoms with E-state index in [0.29, 0.717) is 0 Å². The van der Waals surface area contributed by atoms with Crippen LogP contribution in [0, 0.1) is 0 Å². The molecule has 1 aromatic rings. The zero-order chi connectivity index (χ0) is 19.9. The van der Waals surface area contributed by atoms with Crippen molar-refractivity contribution in [2.24, 2.45) is 0 Å². The summed E-state index contributed by atoms with van der Waals surface area (Å²) in [7, 11) is -0.741. The first-order valence-corrected chi connectivity index (χ1v) is 10.4. The van der Waals surface area contributed by atoms with Gasteiger partial charge in [0.05, 0.1) is 15.5 Å². The number of carbonyl (C=O) groups excluding carboxylic acids is 1. The van der Waals surface area contributed by atoms with Crippen molar-refractivity contribution < 1.29 is 13.2 Å². The first-order chi connectivity index (χ1) is 11.7. The van der Waals surface area contributed by atoms with E-state index in [2.05, 4.69) is 38.3 Å². The monoisotopic (exact) mass is 401 g/mol. The van der Waals surface area contributed by atoms with Crippen molar-refractivity contribution in [1.29, 1.82) is 0 Å². The summed E-state index contributed by atoms with van der Waals surface area (Å²) in [6.07, 6.45) is 1.55. The highest BCUT2D eigenvalue weighted by atomic mass is 35.5. The summed E-state index contributed by atoms with van der Waals surface area (Å²) in [6, 6.07) is 4.16. The maximum atomic E-state index is 12.8. The molecular formula is C18H28ClN3O3S. The lowest BCUT2D eigenvalue weighted by Crippen LogP contribution is -2.62. The Labute approximate surface area is 161 Å². The molecule has 0 aromatic heterocycles. The predicted octanol–water partition coefficient (Wildman–Crippen LogP) is 2.63. The van der Waals surface area contributed by atoms with Gasteiger partial charge in [-0.15, -0.1) is 0 Å². The Hall–Kier alpha value is -1.15. The van der Waals surface area contributed by atoms with E-state index in [4.69, 9.17) is 11.6 Å². The molecule has 0 radical (unpaired) electrons. The van der Waals surface area contributed by atoms with Gasteiger partial charge in [0, 0.05) is 31.2 Å². The lowest BCUT2D eigenvalue weighted by molar-refractivity contribution is 0.0873. The minimum Gasteiger partial charge on any atom is -0.349 e. The molecule has 0 saturated carbocycles. The topological polar surface area (TPSA) is 78.5 Å². The molecule has 0 bridgehead atoms. The Bertz CT molecular complexity index is 788. The molecule has 8 heteroatoms. The van der Waals surface area contributed by atoms with Gasteiger partial charge < -0.3 is 10.6 Å². The summed E-state index contributed by atoms with van der Waals surface area (Å²) >= 11 is 6.17. The molecule has 1 aromatic carbocycles. The van der Waals surface area contributed by atoms with Crippen molar-refractivity contribution in [2.75, 3.05) is 14.1 Å². The van der Waals surface area contributed by atoms with Gasteiger partial charge in [0.25, 0.3) is 5.91 Å². The first kappa shape index (κ1) is 21.2. The number of piperidine rings is 1. The molecule has 0 atom stereocenters. The Morgan fingerprint density at radius 1 is 1.19 bits per heavy atom. The Morgan fingerprint density at radius 2 is 1.73 bits per heavy atom. The average Bonchev–Trinajstić information content (AvgIpc) is 2.43. The fourth-order valence-corrected chi connectivity index (χ4v) is 4.87. The highest BCUT2D eigenvalue weighted by molar-refractivity contribution is 7.89. The molecule has 1 fully saturated rings. The van der Waals surface area contributed by atoms with Gasteiger partial charge in [-0.05, 0) is 58.7 Å². The molecule has 146 valence electrons. The average molecular weight is 402 g/mol. The molecule has 1 saturated heterocycles. The van der Waals surface area contributed by atoms with Gasteiger partial charge >= 0.3 is 0 Å². The number of nitrogens with zero attached hydrogens (tertiary/aromatic N) is 1. The van der Waals surface area contributed by atoms with Crippen LogP contribution in [0.4, 0.5) is 0 Å². The fraction of sp³-hybridized carbons (Fsp3) is 0.611. The first-order valence-electron chi connectivity index (χ1n) is 8.56. The smallest absolute Gasteiger partial charge is 0.253 e. The molecule has 6 nitrogen and oxygen atoms in total. The predicted molar refractivity (Wildman–Crippen MR) is 104 cm³/mol. The van der Waals surface area contributed by atoms with Crippen LogP contribution in [0.3, 0.4) is 0 Å². The third-order valence-electron chi connectivity index (χ3n) is 4.49. The second kappa shape index (κ2) is 7.11. The minimum absolute atomic E-state index is 0.0288. The lowest BCUT2D eigenvalue weighted by Gasteiger charge is -2.46. The van der Waals surface area contributed by atoms with Gasteiger partial charge in [0.2, 0.25) is 10.0 Å². The van der Waals surface area contributed by atoms with E-state index in [1.54, 1.807) is 0 Å². The van der Waals surface area contributed by atoms with Crippen molar-refractivity contribution in [1.82, 2.24) is 14.9 Å². The molecule has 0 unspecified atom stereocenters. The summed E-state index contributed by atoms with van der Waals surface area (Å²) in [5.74, 6) is -0.357. The number of hydrogen-bond donors (Lipinski definition) is 2. The molecule has 26 heavy (non-hydrogen) atoms. The maximum absolute atomic E-state index is 12.8. The van der Waals surface area contributed by atoms with Gasteiger partial charge in [-0.3, -0.25) is 4.79 Å². The number of amides is 1. The molecule has 2 N–H and O–H groups in total. The number of benzene rings is 1. The van der Waals surface area contributed by atoms with Crippen molar-refractivity contribution in [3.63, 3.8) is 0 Å². The number of nitrogens with one attached hydrogen (secondary N) is 2. The van der Waals surface area contributed by atoms with Gasteiger partial charge in [-0.25, -0.2) is 12.7 Å². The highest BCUT2D eigenvalue weighted by Crippen LogP contribution is 2.29. The number of hydrogen-bond acceptors (Lipinski definition) is 4. The molecule has 1 heterocycles. The number of rotatable bonds is 4. The van der Waals surface area contributed by atoms with Crippen molar-refractivity contribution in [3.8, 4) is 0 Å². The molecular weight excluding hydrogens is 374 g/mol. The summed E-state index contributed by atoms with van der Waals surface area (Å²) in [6.45, 7) is 8.41. The van der Waals surface area contributed by atoms with Crippen LogP contribution in [0.5, 0.6) is 0 Å². The van der Waals surface area contributed by atoms with Crippen LogP contribution in [-0.4, -0.2) is 49.8 Å². The maximum Gasteiger partial charge on any atom is 0.253 e. The normalized spacial score (nSPS) is 20.2. The second-order valence-corrected chi connectivity index (χ2v) is 11.0. The SMILES string of the molecule is CN(C)S(=O)(=O)c1ccc(Cl)c(C(=O)NC2CC(C)(C)NC(C)(C)C2)c1. The zero-order valence-corrected chi connectivity index (χ0v) is 17.8. The Kier molecular flexibility index (Phi) is 5.78. The molecule has 1 aliphatic rings. The lowest BCUT2D eigenvalue weighted by atomic mass is 9.79. The quantitative estimate of drug-likeness (QED) is 0.812. The molecule has 2 rings (SSSR count). The Morgan fingerprint density at radius 3 is 2.23 bits per heavy atom. The molecule has 0 aliphatic carbocycles. The number of carbonyl (C=O) groups is 1. The van der Waals surface area contributed by atoms with Gasteiger partial charge in [0.1, 0.15) is 0 Å². The standard InChI is InChI=1S/C18H28ClN3O3S/c1-17(2)10-12(11-18(3,4)21-17)20-16(23)14-9-13(7-8-15(14)19)26(24,25)22(5)6/h7-9,12,21H,10-11H2,1-6H3,(H,20,23). The van der Waals surface area contributed by atoms with Crippen molar-refractivity contribution in [3.05, 3.63) is 28.8 Å². The third-order valence-corrected chi connectivity index (χ3v) is 6.63. The molecule has 1 aliphatic heterocycles. The van der Waals surface area contributed by atoms with E-state index in [1.165, 1.54) is 32.3 Å². The third kappa shape index (κ3) is 4.76.